The van der Waals surface area contributed by atoms with Crippen LogP contribution < -0.4 is 14.8 Å². The molecule has 7 heteroatoms. The van der Waals surface area contributed by atoms with E-state index in [9.17, 15) is 0 Å². The highest BCUT2D eigenvalue weighted by Gasteiger charge is 2.17. The first-order chi connectivity index (χ1) is 13.6. The minimum absolute atomic E-state index is 0.650. The van der Waals surface area contributed by atoms with Gasteiger partial charge >= 0.3 is 0 Å². The maximum Gasteiger partial charge on any atom is 0.162 e. The van der Waals surface area contributed by atoms with Crippen molar-refractivity contribution in [2.45, 2.75) is 6.92 Å². The van der Waals surface area contributed by atoms with Crippen molar-refractivity contribution in [1.29, 1.82) is 0 Å². The Labute approximate surface area is 171 Å². The van der Waals surface area contributed by atoms with Crippen LogP contribution in [0.15, 0.2) is 48.8 Å². The second-order valence-electron chi connectivity index (χ2n) is 6.14. The molecule has 4 aromatic rings. The lowest BCUT2D eigenvalue weighted by Gasteiger charge is -2.12. The molecule has 0 amide bonds. The van der Waals surface area contributed by atoms with Crippen LogP contribution in [0.25, 0.3) is 21.3 Å². The predicted octanol–water partition coefficient (Wildman–Crippen LogP) is 6.08. The Morgan fingerprint density at radius 2 is 1.71 bits per heavy atom. The molecule has 5 nitrogen and oxygen atoms in total. The summed E-state index contributed by atoms with van der Waals surface area (Å²) in [5, 5.41) is 5.10. The second-order valence-corrected chi connectivity index (χ2v) is 7.78. The maximum atomic E-state index is 6.07. The highest BCUT2D eigenvalue weighted by molar-refractivity contribution is 7.19. The van der Waals surface area contributed by atoms with Gasteiger partial charge in [0.05, 0.1) is 19.6 Å². The minimum atomic E-state index is 0.650. The molecule has 142 valence electrons. The van der Waals surface area contributed by atoms with Crippen LogP contribution in [0, 0.1) is 6.92 Å². The van der Waals surface area contributed by atoms with Gasteiger partial charge in [-0.3, -0.25) is 0 Å². The average molecular weight is 412 g/mol. The van der Waals surface area contributed by atoms with Crippen LogP contribution in [-0.2, 0) is 0 Å². The van der Waals surface area contributed by atoms with Gasteiger partial charge in [-0.15, -0.1) is 11.3 Å². The number of halogens is 1. The molecule has 0 fully saturated rings. The molecule has 0 aliphatic carbocycles. The number of thiophene rings is 1. The molecule has 0 saturated heterocycles. The zero-order valence-electron chi connectivity index (χ0n) is 15.6. The van der Waals surface area contributed by atoms with Crippen LogP contribution in [-0.4, -0.2) is 24.2 Å². The van der Waals surface area contributed by atoms with Crippen LogP contribution in [0.1, 0.15) is 4.88 Å². The van der Waals surface area contributed by atoms with E-state index in [4.69, 9.17) is 21.1 Å². The number of aryl methyl sites for hydroxylation is 1. The van der Waals surface area contributed by atoms with E-state index >= 15 is 0 Å². The molecule has 0 radical (unpaired) electrons. The Balaban J connectivity index is 1.83. The number of fused-ring (bicyclic) bond motifs is 1. The van der Waals surface area contributed by atoms with Crippen LogP contribution in [0.4, 0.5) is 11.5 Å². The van der Waals surface area contributed by atoms with Crippen LogP contribution >= 0.6 is 22.9 Å². The first-order valence-corrected chi connectivity index (χ1v) is 9.79. The second kappa shape index (κ2) is 7.66. The molecular formula is C21H18ClN3O2S. The SMILES string of the molecule is COc1ccc(Nc2ncnc3sc(C)c(-c4ccc(Cl)cc4)c23)cc1OC. The molecule has 0 aliphatic rings. The number of rotatable bonds is 5. The Morgan fingerprint density at radius 3 is 2.43 bits per heavy atom. The van der Waals surface area contributed by atoms with Gasteiger partial charge in [0.1, 0.15) is 17.0 Å². The number of hydrogen-bond donors (Lipinski definition) is 1. The largest absolute Gasteiger partial charge is 0.493 e. The molecule has 2 heterocycles. The predicted molar refractivity (Wildman–Crippen MR) is 115 cm³/mol. The summed E-state index contributed by atoms with van der Waals surface area (Å²) in [6.07, 6.45) is 1.58. The van der Waals surface area contributed by atoms with Crippen LogP contribution in [0.2, 0.25) is 5.02 Å². The summed E-state index contributed by atoms with van der Waals surface area (Å²) in [4.78, 5) is 11.1. The van der Waals surface area contributed by atoms with Crippen molar-refractivity contribution in [2.75, 3.05) is 19.5 Å². The summed E-state index contributed by atoms with van der Waals surface area (Å²) < 4.78 is 10.7. The number of aromatic nitrogens is 2. The van der Waals surface area contributed by atoms with E-state index in [0.717, 1.165) is 32.8 Å². The van der Waals surface area contributed by atoms with Crippen LogP contribution in [0.5, 0.6) is 11.5 Å². The summed E-state index contributed by atoms with van der Waals surface area (Å²) in [5.41, 5.74) is 3.04. The molecule has 0 bridgehead atoms. The van der Waals surface area contributed by atoms with Gasteiger partial charge in [-0.2, -0.15) is 0 Å². The molecule has 1 N–H and O–H groups in total. The number of hydrogen-bond acceptors (Lipinski definition) is 6. The first-order valence-electron chi connectivity index (χ1n) is 8.59. The zero-order chi connectivity index (χ0) is 19.7. The smallest absolute Gasteiger partial charge is 0.162 e. The van der Waals surface area contributed by atoms with E-state index in [-0.39, 0.29) is 0 Å². The lowest BCUT2D eigenvalue weighted by atomic mass is 10.0. The van der Waals surface area contributed by atoms with Gasteiger partial charge in [0.15, 0.2) is 11.5 Å². The van der Waals surface area contributed by atoms with Crippen molar-refractivity contribution in [1.82, 2.24) is 9.97 Å². The third-order valence-electron chi connectivity index (χ3n) is 4.44. The summed E-state index contributed by atoms with van der Waals surface area (Å²) in [6.45, 7) is 2.09. The number of benzene rings is 2. The van der Waals surface area contributed by atoms with Crippen molar-refractivity contribution < 1.29 is 9.47 Å². The van der Waals surface area contributed by atoms with E-state index in [0.29, 0.717) is 16.5 Å². The van der Waals surface area contributed by atoms with E-state index in [1.54, 1.807) is 31.9 Å². The fraction of sp³-hybridized carbons (Fsp3) is 0.143. The lowest BCUT2D eigenvalue weighted by Crippen LogP contribution is -1.97. The molecule has 2 aromatic heterocycles. The van der Waals surface area contributed by atoms with Gasteiger partial charge in [0.25, 0.3) is 0 Å². The third-order valence-corrected chi connectivity index (χ3v) is 5.71. The molecule has 0 saturated carbocycles. The van der Waals surface area contributed by atoms with Gasteiger partial charge in [-0.1, -0.05) is 23.7 Å². The number of nitrogens with zero attached hydrogens (tertiary/aromatic N) is 2. The lowest BCUT2D eigenvalue weighted by molar-refractivity contribution is 0.355. The summed E-state index contributed by atoms with van der Waals surface area (Å²) in [6, 6.07) is 13.5. The molecule has 4 rings (SSSR count). The summed E-state index contributed by atoms with van der Waals surface area (Å²) >= 11 is 7.71. The van der Waals surface area contributed by atoms with Gasteiger partial charge in [0, 0.05) is 27.2 Å². The van der Waals surface area contributed by atoms with Gasteiger partial charge in [-0.25, -0.2) is 9.97 Å². The molecule has 0 atom stereocenters. The molecule has 0 spiro atoms. The Morgan fingerprint density at radius 1 is 0.964 bits per heavy atom. The first kappa shape index (κ1) is 18.5. The van der Waals surface area contributed by atoms with Gasteiger partial charge < -0.3 is 14.8 Å². The monoisotopic (exact) mass is 411 g/mol. The average Bonchev–Trinajstić information content (AvgIpc) is 3.05. The third kappa shape index (κ3) is 3.37. The maximum absolute atomic E-state index is 6.07. The van der Waals surface area contributed by atoms with Crippen molar-refractivity contribution in [3.63, 3.8) is 0 Å². The Bertz CT molecular complexity index is 1140. The molecule has 28 heavy (non-hydrogen) atoms. The fourth-order valence-corrected chi connectivity index (χ4v) is 4.29. The number of nitrogens with one attached hydrogen (secondary N) is 1. The summed E-state index contributed by atoms with van der Waals surface area (Å²) in [5.74, 6) is 2.07. The van der Waals surface area contributed by atoms with E-state index in [1.807, 2.05) is 42.5 Å². The molecule has 0 aliphatic heterocycles. The molecule has 0 unspecified atom stereocenters. The zero-order valence-corrected chi connectivity index (χ0v) is 17.2. The highest BCUT2D eigenvalue weighted by Crippen LogP contribution is 2.41. The van der Waals surface area contributed by atoms with Gasteiger partial charge in [-0.05, 0) is 36.8 Å². The van der Waals surface area contributed by atoms with Crippen LogP contribution in [0.3, 0.4) is 0 Å². The standard InChI is InChI=1S/C21H18ClN3O2S/c1-12-18(13-4-6-14(22)7-5-13)19-20(23-11-24-21(19)28-12)25-15-8-9-16(26-2)17(10-15)27-3/h4-11H,1-3H3,(H,23,24,25). The van der Waals surface area contributed by atoms with E-state index in [2.05, 4.69) is 22.2 Å². The molecule has 2 aromatic carbocycles. The van der Waals surface area contributed by atoms with Crippen molar-refractivity contribution in [3.05, 3.63) is 58.7 Å². The van der Waals surface area contributed by atoms with Crippen molar-refractivity contribution in [2.24, 2.45) is 0 Å². The minimum Gasteiger partial charge on any atom is -0.493 e. The number of ether oxygens (including phenoxy) is 2. The topological polar surface area (TPSA) is 56.3 Å². The highest BCUT2D eigenvalue weighted by atomic mass is 35.5. The Kier molecular flexibility index (Phi) is 5.07. The number of anilines is 2. The van der Waals surface area contributed by atoms with Crippen molar-refractivity contribution in [3.8, 4) is 22.6 Å². The van der Waals surface area contributed by atoms with E-state index in [1.165, 1.54) is 4.88 Å². The summed E-state index contributed by atoms with van der Waals surface area (Å²) in [7, 11) is 3.23. The Hall–Kier alpha value is -2.83. The number of methoxy groups -OCH3 is 2. The fourth-order valence-electron chi connectivity index (χ4n) is 3.15. The normalized spacial score (nSPS) is 10.9. The quantitative estimate of drug-likeness (QED) is 0.431. The molecular weight excluding hydrogens is 394 g/mol. The van der Waals surface area contributed by atoms with Crippen molar-refractivity contribution >= 4 is 44.7 Å². The van der Waals surface area contributed by atoms with E-state index < -0.39 is 0 Å². The van der Waals surface area contributed by atoms with Gasteiger partial charge in [0.2, 0.25) is 0 Å².